The number of carboxylic acids is 1. The van der Waals surface area contributed by atoms with E-state index in [4.69, 9.17) is 21.4 Å². The Morgan fingerprint density at radius 3 is 2.25 bits per heavy atom. The molecule has 0 aliphatic heterocycles. The lowest BCUT2D eigenvalue weighted by atomic mass is 10.1. The quantitative estimate of drug-likeness (QED) is 0.611. The van der Waals surface area contributed by atoms with Gasteiger partial charge in [-0.1, -0.05) is 23.7 Å². The van der Waals surface area contributed by atoms with Crippen LogP contribution in [0.5, 0.6) is 5.75 Å². The minimum atomic E-state index is -1.00. The largest absolute Gasteiger partial charge is 0.487 e. The maximum atomic E-state index is 13.0. The van der Waals surface area contributed by atoms with E-state index >= 15 is 0 Å². The highest BCUT2D eigenvalue weighted by Gasteiger charge is 2.12. The molecule has 0 aliphatic rings. The van der Waals surface area contributed by atoms with E-state index in [1.165, 1.54) is 36.4 Å². The lowest BCUT2D eigenvalue weighted by molar-refractivity contribution is 0.0696. The summed E-state index contributed by atoms with van der Waals surface area (Å²) < 4.78 is 18.8. The number of carboxylic acid groups (broad SMARTS) is 1. The van der Waals surface area contributed by atoms with Crippen molar-refractivity contribution in [3.05, 3.63) is 94.3 Å². The van der Waals surface area contributed by atoms with Gasteiger partial charge in [0.1, 0.15) is 18.2 Å². The fourth-order valence-corrected chi connectivity index (χ4v) is 2.60. The Kier molecular flexibility index (Phi) is 5.91. The third kappa shape index (κ3) is 4.86. The summed E-state index contributed by atoms with van der Waals surface area (Å²) in [6, 6.07) is 16.2. The third-order valence-electron chi connectivity index (χ3n) is 3.89. The number of hydrogen-bond donors (Lipinski definition) is 2. The molecule has 0 aromatic heterocycles. The van der Waals surface area contributed by atoms with Gasteiger partial charge < -0.3 is 15.2 Å². The van der Waals surface area contributed by atoms with Gasteiger partial charge in [0.05, 0.1) is 11.3 Å². The highest BCUT2D eigenvalue weighted by Crippen LogP contribution is 2.29. The number of hydrogen-bond acceptors (Lipinski definition) is 3. The first-order chi connectivity index (χ1) is 13.4. The van der Waals surface area contributed by atoms with Crippen molar-refractivity contribution in [3.8, 4) is 5.75 Å². The predicted octanol–water partition coefficient (Wildman–Crippen LogP) is 5.01. The van der Waals surface area contributed by atoms with Gasteiger partial charge in [-0.3, -0.25) is 4.79 Å². The molecule has 0 bridgehead atoms. The Morgan fingerprint density at radius 2 is 1.61 bits per heavy atom. The van der Waals surface area contributed by atoms with Gasteiger partial charge in [-0.05, 0) is 60.2 Å². The number of halogens is 2. The molecule has 0 unspecified atom stereocenters. The van der Waals surface area contributed by atoms with E-state index in [1.54, 1.807) is 30.3 Å². The summed E-state index contributed by atoms with van der Waals surface area (Å²) >= 11 is 6.02. The number of carbonyl (C=O) groups is 2. The molecule has 0 atom stereocenters. The van der Waals surface area contributed by atoms with Crippen molar-refractivity contribution < 1.29 is 23.8 Å². The normalized spacial score (nSPS) is 10.4. The van der Waals surface area contributed by atoms with E-state index in [1.807, 2.05) is 0 Å². The number of amides is 1. The Morgan fingerprint density at radius 1 is 0.964 bits per heavy atom. The zero-order chi connectivity index (χ0) is 20.1. The van der Waals surface area contributed by atoms with Crippen LogP contribution in [-0.4, -0.2) is 17.0 Å². The van der Waals surface area contributed by atoms with Crippen molar-refractivity contribution in [1.82, 2.24) is 0 Å². The fraction of sp³-hybridized carbons (Fsp3) is 0.0476. The van der Waals surface area contributed by atoms with Gasteiger partial charge in [-0.25, -0.2) is 9.18 Å². The number of ether oxygens (including phenoxy) is 1. The molecule has 0 spiro atoms. The van der Waals surface area contributed by atoms with E-state index in [9.17, 15) is 14.0 Å². The lowest BCUT2D eigenvalue weighted by Gasteiger charge is -2.13. The van der Waals surface area contributed by atoms with E-state index < -0.39 is 17.7 Å². The molecule has 5 nitrogen and oxygen atoms in total. The second-order valence-corrected chi connectivity index (χ2v) is 6.33. The summed E-state index contributed by atoms with van der Waals surface area (Å²) in [4.78, 5) is 23.3. The number of nitrogens with one attached hydrogen (secondary N) is 1. The van der Waals surface area contributed by atoms with Crippen LogP contribution in [0, 0.1) is 5.82 Å². The smallest absolute Gasteiger partial charge is 0.335 e. The molecule has 0 radical (unpaired) electrons. The average Bonchev–Trinajstić information content (AvgIpc) is 2.68. The van der Waals surface area contributed by atoms with Crippen molar-refractivity contribution in [2.75, 3.05) is 5.32 Å². The summed E-state index contributed by atoms with van der Waals surface area (Å²) in [6.07, 6.45) is 0. The Labute approximate surface area is 165 Å². The summed E-state index contributed by atoms with van der Waals surface area (Å²) in [6.45, 7) is 0.168. The van der Waals surface area contributed by atoms with Crippen LogP contribution in [0.3, 0.4) is 0 Å². The molecular formula is C21H15ClFNO4. The van der Waals surface area contributed by atoms with Crippen molar-refractivity contribution in [2.45, 2.75) is 6.61 Å². The molecule has 1 amide bonds. The number of carbonyl (C=O) groups excluding carboxylic acids is 1. The zero-order valence-corrected chi connectivity index (χ0v) is 15.2. The first-order valence-corrected chi connectivity index (χ1v) is 8.61. The van der Waals surface area contributed by atoms with Crippen LogP contribution in [-0.2, 0) is 6.61 Å². The molecule has 3 aromatic rings. The van der Waals surface area contributed by atoms with Gasteiger partial charge in [0.2, 0.25) is 0 Å². The van der Waals surface area contributed by atoms with Gasteiger partial charge in [0.15, 0.2) is 0 Å². The second kappa shape index (κ2) is 8.54. The lowest BCUT2D eigenvalue weighted by Crippen LogP contribution is -2.13. The molecule has 0 fully saturated rings. The molecule has 0 saturated heterocycles. The molecule has 0 heterocycles. The molecule has 2 N–H and O–H groups in total. The topological polar surface area (TPSA) is 75.6 Å². The summed E-state index contributed by atoms with van der Waals surface area (Å²) in [7, 11) is 0. The standard InChI is InChI=1S/C21H15ClFNO4/c22-16-7-10-19(28-12-13-1-3-15(4-2-13)21(26)27)18(11-16)24-20(25)14-5-8-17(23)9-6-14/h1-11H,12H2,(H,24,25)(H,26,27). The predicted molar refractivity (Wildman–Crippen MR) is 104 cm³/mol. The monoisotopic (exact) mass is 399 g/mol. The average molecular weight is 400 g/mol. The maximum Gasteiger partial charge on any atom is 0.335 e. The first-order valence-electron chi connectivity index (χ1n) is 8.24. The maximum absolute atomic E-state index is 13.0. The molecule has 0 aliphatic carbocycles. The number of benzene rings is 3. The Balaban J connectivity index is 1.74. The molecule has 7 heteroatoms. The van der Waals surface area contributed by atoms with Crippen molar-refractivity contribution in [2.24, 2.45) is 0 Å². The van der Waals surface area contributed by atoms with Gasteiger partial charge >= 0.3 is 5.97 Å². The SMILES string of the molecule is O=C(O)c1ccc(COc2ccc(Cl)cc2NC(=O)c2ccc(F)cc2)cc1. The number of aromatic carboxylic acids is 1. The molecule has 28 heavy (non-hydrogen) atoms. The second-order valence-electron chi connectivity index (χ2n) is 5.89. The number of anilines is 1. The van der Waals surface area contributed by atoms with Crippen LogP contribution < -0.4 is 10.1 Å². The zero-order valence-electron chi connectivity index (χ0n) is 14.5. The van der Waals surface area contributed by atoms with Crippen LogP contribution in [0.4, 0.5) is 10.1 Å². The summed E-state index contributed by atoms with van der Waals surface area (Å²) in [5.74, 6) is -1.48. The van der Waals surface area contributed by atoms with E-state index in [0.29, 0.717) is 16.5 Å². The van der Waals surface area contributed by atoms with Gasteiger partial charge in [-0.15, -0.1) is 0 Å². The van der Waals surface area contributed by atoms with E-state index in [2.05, 4.69) is 5.32 Å². The number of rotatable bonds is 6. The molecule has 142 valence electrons. The third-order valence-corrected chi connectivity index (χ3v) is 4.13. The molecular weight excluding hydrogens is 385 g/mol. The van der Waals surface area contributed by atoms with Crippen molar-refractivity contribution in [3.63, 3.8) is 0 Å². The first kappa shape index (κ1) is 19.4. The molecule has 3 aromatic carbocycles. The van der Waals surface area contributed by atoms with Gasteiger partial charge in [-0.2, -0.15) is 0 Å². The molecule has 0 saturated carbocycles. The van der Waals surface area contributed by atoms with Gasteiger partial charge in [0, 0.05) is 10.6 Å². The van der Waals surface area contributed by atoms with E-state index in [-0.39, 0.29) is 17.7 Å². The minimum absolute atomic E-state index is 0.168. The summed E-state index contributed by atoms with van der Waals surface area (Å²) in [5.41, 5.74) is 1.60. The summed E-state index contributed by atoms with van der Waals surface area (Å²) in [5, 5.41) is 12.0. The van der Waals surface area contributed by atoms with Crippen molar-refractivity contribution in [1.29, 1.82) is 0 Å². The highest BCUT2D eigenvalue weighted by molar-refractivity contribution is 6.31. The minimum Gasteiger partial charge on any atom is -0.487 e. The Hall–Kier alpha value is -3.38. The van der Waals surface area contributed by atoms with E-state index in [0.717, 1.165) is 5.56 Å². The fourth-order valence-electron chi connectivity index (χ4n) is 2.43. The highest BCUT2D eigenvalue weighted by atomic mass is 35.5. The van der Waals surface area contributed by atoms with Crippen LogP contribution in [0.1, 0.15) is 26.3 Å². The van der Waals surface area contributed by atoms with Crippen LogP contribution in [0.2, 0.25) is 5.02 Å². The van der Waals surface area contributed by atoms with Crippen LogP contribution in [0.25, 0.3) is 0 Å². The van der Waals surface area contributed by atoms with Crippen LogP contribution >= 0.6 is 11.6 Å². The van der Waals surface area contributed by atoms with Crippen LogP contribution in [0.15, 0.2) is 66.7 Å². The van der Waals surface area contributed by atoms with Gasteiger partial charge in [0.25, 0.3) is 5.91 Å². The Bertz CT molecular complexity index is 1000. The molecule has 3 rings (SSSR count). The van der Waals surface area contributed by atoms with Crippen molar-refractivity contribution >= 4 is 29.2 Å².